The van der Waals surface area contributed by atoms with E-state index in [0.717, 1.165) is 57.8 Å². The number of rotatable bonds is 10. The monoisotopic (exact) mass is 657 g/mol. The summed E-state index contributed by atoms with van der Waals surface area (Å²) in [4.78, 5) is 23.5. The van der Waals surface area contributed by atoms with Crippen molar-refractivity contribution in [3.63, 3.8) is 0 Å². The first-order valence-corrected chi connectivity index (χ1v) is 18.4. The summed E-state index contributed by atoms with van der Waals surface area (Å²) in [5.41, 5.74) is 0.363. The maximum absolute atomic E-state index is 12.6. The molecule has 0 spiro atoms. The summed E-state index contributed by atoms with van der Waals surface area (Å²) in [6.45, 7) is 7.04. The van der Waals surface area contributed by atoms with Gasteiger partial charge < -0.3 is 40.0 Å². The Morgan fingerprint density at radius 3 is 2.40 bits per heavy atom. The van der Waals surface area contributed by atoms with Crippen molar-refractivity contribution in [2.75, 3.05) is 12.3 Å². The van der Waals surface area contributed by atoms with Gasteiger partial charge in [-0.15, -0.1) is 0 Å². The number of aliphatic hydroxyl groups excluding tert-OH is 2. The summed E-state index contributed by atoms with van der Waals surface area (Å²) >= 11 is 0. The lowest BCUT2D eigenvalue weighted by Crippen LogP contribution is -2.66. The molecule has 4 aliphatic carbocycles. The topological polar surface area (TPSA) is 206 Å². The largest absolute Gasteiger partial charge is 0.829 e. The number of carbonyl (C=O) groups is 2. The fraction of sp³-hybridized carbons (Fsp3) is 0.938. The molecule has 0 bridgehead atoms. The molecule has 1 saturated heterocycles. The summed E-state index contributed by atoms with van der Waals surface area (Å²) < 4.78 is 41.7. The molecule has 14 atom stereocenters. The van der Waals surface area contributed by atoms with Crippen LogP contribution in [0.5, 0.6) is 0 Å². The molecule has 12 nitrogen and oxygen atoms in total. The SMILES string of the molecule is C[C@H](CCC(=O)NCCS(=O)(=O)O)[C@H]1CC[C@H]2[C@@H]3CCC4CC(O[C@@H]5[C@H](O)[C@@H](O)[C@@H](C(=O)[O-])O[C@H]5[O-])CC[C@]4(C)[C@H]3CC[C@]12C. The van der Waals surface area contributed by atoms with Crippen LogP contribution in [0, 0.1) is 46.3 Å². The van der Waals surface area contributed by atoms with Crippen LogP contribution in [0.25, 0.3) is 0 Å². The predicted molar refractivity (Wildman–Crippen MR) is 157 cm³/mol. The van der Waals surface area contributed by atoms with Crippen molar-refractivity contribution in [3.05, 3.63) is 0 Å². The van der Waals surface area contributed by atoms with Gasteiger partial charge in [-0.05, 0) is 111 Å². The van der Waals surface area contributed by atoms with Crippen LogP contribution in [0.4, 0.5) is 0 Å². The molecular formula is C32H51NO11S-2. The van der Waals surface area contributed by atoms with Crippen molar-refractivity contribution in [3.8, 4) is 0 Å². The summed E-state index contributed by atoms with van der Waals surface area (Å²) in [6.07, 6.45) is 1.46. The molecule has 0 aromatic heterocycles. The molecule has 5 aliphatic rings. The van der Waals surface area contributed by atoms with E-state index in [2.05, 4.69) is 26.1 Å². The lowest BCUT2D eigenvalue weighted by Gasteiger charge is -2.61. The molecule has 5 rings (SSSR count). The van der Waals surface area contributed by atoms with Crippen molar-refractivity contribution in [1.82, 2.24) is 5.32 Å². The molecule has 1 aliphatic heterocycles. The molecule has 13 heteroatoms. The molecular weight excluding hydrogens is 606 g/mol. The van der Waals surface area contributed by atoms with Crippen LogP contribution in [-0.4, -0.2) is 84.2 Å². The van der Waals surface area contributed by atoms with Gasteiger partial charge in [-0.3, -0.25) is 9.35 Å². The van der Waals surface area contributed by atoms with E-state index in [1.165, 1.54) is 6.42 Å². The van der Waals surface area contributed by atoms with E-state index in [4.69, 9.17) is 14.0 Å². The average molecular weight is 658 g/mol. The molecule has 45 heavy (non-hydrogen) atoms. The van der Waals surface area contributed by atoms with Crippen molar-refractivity contribution in [2.45, 2.75) is 128 Å². The molecule has 1 amide bonds. The minimum Gasteiger partial charge on any atom is -0.829 e. The molecule has 5 fully saturated rings. The van der Waals surface area contributed by atoms with Crippen LogP contribution in [0.3, 0.4) is 0 Å². The summed E-state index contributed by atoms with van der Waals surface area (Å²) in [6, 6.07) is 0. The van der Waals surface area contributed by atoms with Crippen molar-refractivity contribution >= 4 is 22.0 Å². The number of hydrogen-bond acceptors (Lipinski definition) is 10. The summed E-state index contributed by atoms with van der Waals surface area (Å²) in [5.74, 6) is 0.763. The molecule has 0 radical (unpaired) electrons. The zero-order valence-electron chi connectivity index (χ0n) is 26.6. The van der Waals surface area contributed by atoms with E-state index >= 15 is 0 Å². The zero-order valence-corrected chi connectivity index (χ0v) is 27.5. The first-order chi connectivity index (χ1) is 21.0. The minimum atomic E-state index is -4.10. The molecule has 0 aromatic rings. The van der Waals surface area contributed by atoms with Crippen LogP contribution < -0.4 is 15.5 Å². The Kier molecular flexibility index (Phi) is 10.3. The van der Waals surface area contributed by atoms with Crippen molar-refractivity contribution in [1.29, 1.82) is 0 Å². The second-order valence-electron chi connectivity index (χ2n) is 15.3. The number of carbonyl (C=O) groups excluding carboxylic acids is 2. The number of nitrogens with one attached hydrogen (secondary N) is 1. The highest BCUT2D eigenvalue weighted by atomic mass is 32.2. The van der Waals surface area contributed by atoms with E-state index in [-0.39, 0.29) is 29.4 Å². The smallest absolute Gasteiger partial charge is 0.266 e. The number of hydrogen-bond donors (Lipinski definition) is 4. The van der Waals surface area contributed by atoms with E-state index < -0.39 is 52.5 Å². The third kappa shape index (κ3) is 6.96. The first kappa shape index (κ1) is 35.0. The molecule has 4 saturated carbocycles. The minimum absolute atomic E-state index is 0.0880. The van der Waals surface area contributed by atoms with Gasteiger partial charge in [-0.1, -0.05) is 20.8 Å². The molecule has 2 unspecified atom stereocenters. The average Bonchev–Trinajstić information content (AvgIpc) is 3.32. The molecule has 258 valence electrons. The number of aliphatic carboxylic acids is 1. The van der Waals surface area contributed by atoms with Crippen LogP contribution >= 0.6 is 0 Å². The first-order valence-electron chi connectivity index (χ1n) is 16.8. The second-order valence-corrected chi connectivity index (χ2v) is 16.8. The van der Waals surface area contributed by atoms with E-state index in [9.17, 15) is 38.4 Å². The normalized spacial score (nSPS) is 45.5. The van der Waals surface area contributed by atoms with Gasteiger partial charge >= 0.3 is 0 Å². The van der Waals surface area contributed by atoms with Crippen molar-refractivity contribution in [2.24, 2.45) is 46.3 Å². The highest BCUT2D eigenvalue weighted by Gasteiger charge is 2.61. The van der Waals surface area contributed by atoms with E-state index in [1.54, 1.807) is 0 Å². The van der Waals surface area contributed by atoms with Gasteiger partial charge in [0.25, 0.3) is 10.1 Å². The Bertz CT molecular complexity index is 1200. The lowest BCUT2D eigenvalue weighted by molar-refractivity contribution is -0.536. The molecule has 4 N–H and O–H groups in total. The number of fused-ring (bicyclic) bond motifs is 5. The fourth-order valence-corrected chi connectivity index (χ4v) is 11.0. The van der Waals surface area contributed by atoms with Crippen molar-refractivity contribution < 1.29 is 52.5 Å². The lowest BCUT2D eigenvalue weighted by atomic mass is 9.44. The van der Waals surface area contributed by atoms with Crippen LogP contribution in [0.1, 0.15) is 91.4 Å². The maximum Gasteiger partial charge on any atom is 0.266 e. The fourth-order valence-electron chi connectivity index (χ4n) is 10.7. The number of amides is 1. The zero-order chi connectivity index (χ0) is 32.9. The number of ether oxygens (including phenoxy) is 2. The summed E-state index contributed by atoms with van der Waals surface area (Å²) in [7, 11) is -4.10. The highest BCUT2D eigenvalue weighted by Crippen LogP contribution is 2.68. The van der Waals surface area contributed by atoms with Crippen LogP contribution in [0.15, 0.2) is 0 Å². The van der Waals surface area contributed by atoms with Gasteiger partial charge in [0.05, 0.1) is 23.9 Å². The Morgan fingerprint density at radius 2 is 1.71 bits per heavy atom. The van der Waals surface area contributed by atoms with Crippen LogP contribution in [-0.2, 0) is 29.2 Å². The second kappa shape index (κ2) is 13.3. The third-order valence-corrected chi connectivity index (χ3v) is 13.7. The Morgan fingerprint density at radius 1 is 1.02 bits per heavy atom. The Labute approximate surface area is 266 Å². The van der Waals surface area contributed by atoms with Gasteiger partial charge in [0, 0.05) is 19.3 Å². The standard InChI is InChI=1S/C32H52NO11S/c1-17(4-9-24(34)33-14-15-45(40,41)42)21-7-8-22-20-6-5-18-16-19(10-12-31(18,2)23(20)11-13-32(21,22)3)43-28-26(36)25(35)27(29(37)38)44-30(28)39/h17-23,25-28,30,35-36H,4-16H2,1-3H3,(H,33,34)(H,37,38)(H,40,41,42)/q-1/p-1/t17-,18?,19?,20+,21-,22+,23+,25-,26-,27+,28-,30-,31+,32-/m1/s1. The number of carboxylic acid groups (broad SMARTS) is 1. The van der Waals surface area contributed by atoms with Gasteiger partial charge in [-0.2, -0.15) is 8.42 Å². The van der Waals surface area contributed by atoms with E-state index in [1.807, 2.05) is 0 Å². The Balaban J connectivity index is 1.16. The third-order valence-electron chi connectivity index (χ3n) is 13.0. The van der Waals surface area contributed by atoms with Gasteiger partial charge in [0.1, 0.15) is 18.3 Å². The Hall–Kier alpha value is -1.35. The van der Waals surface area contributed by atoms with Gasteiger partial charge in [0.2, 0.25) is 5.91 Å². The number of aliphatic hydroxyl groups is 2. The van der Waals surface area contributed by atoms with Gasteiger partial charge in [0.15, 0.2) is 0 Å². The van der Waals surface area contributed by atoms with Gasteiger partial charge in [-0.25, -0.2) is 0 Å². The predicted octanol–water partition coefficient (Wildman–Crippen LogP) is 0.376. The summed E-state index contributed by atoms with van der Waals surface area (Å²) in [5, 5.41) is 47.0. The van der Waals surface area contributed by atoms with Crippen LogP contribution in [0.2, 0.25) is 0 Å². The highest BCUT2D eigenvalue weighted by molar-refractivity contribution is 7.85. The quantitative estimate of drug-likeness (QED) is 0.236. The molecule has 0 aromatic carbocycles. The van der Waals surface area contributed by atoms with E-state index in [0.29, 0.717) is 41.9 Å². The molecule has 1 heterocycles. The number of carboxylic acids is 1. The maximum atomic E-state index is 12.6.